The maximum atomic E-state index is 10.9. The maximum Gasteiger partial charge on any atom is 0.511 e. The number of carboxylic acid groups (broad SMARTS) is 1. The van der Waals surface area contributed by atoms with Gasteiger partial charge in [0.15, 0.2) is 0 Å². The fourth-order valence-corrected chi connectivity index (χ4v) is 6.05. The number of benzene rings is 2. The van der Waals surface area contributed by atoms with Crippen LogP contribution in [0.2, 0.25) is 5.02 Å². The van der Waals surface area contributed by atoms with Crippen molar-refractivity contribution in [3.63, 3.8) is 0 Å². The van der Waals surface area contributed by atoms with Crippen LogP contribution >= 0.6 is 11.6 Å². The number of carbonyl (C=O) groups is 1. The average Bonchev–Trinajstić information content (AvgIpc) is 3.38. The van der Waals surface area contributed by atoms with Crippen molar-refractivity contribution in [3.8, 4) is 11.8 Å². The zero-order valence-corrected chi connectivity index (χ0v) is 18.6. The molecule has 1 saturated carbocycles. The van der Waals surface area contributed by atoms with Crippen molar-refractivity contribution < 1.29 is 14.6 Å². The molecule has 1 aliphatic heterocycles. The summed E-state index contributed by atoms with van der Waals surface area (Å²) in [6.07, 6.45) is 5.30. The van der Waals surface area contributed by atoms with E-state index in [2.05, 4.69) is 18.0 Å². The molecule has 0 bridgehead atoms. The summed E-state index contributed by atoms with van der Waals surface area (Å²) in [7, 11) is 0. The number of hydrogen-bond donors (Lipinski definition) is 1. The monoisotopic (exact) mass is 449 g/mol. The Kier molecular flexibility index (Phi) is 5.10. The highest BCUT2D eigenvalue weighted by atomic mass is 35.5. The van der Waals surface area contributed by atoms with Gasteiger partial charge in [0.25, 0.3) is 0 Å². The lowest BCUT2D eigenvalue weighted by Gasteiger charge is -2.42. The summed E-state index contributed by atoms with van der Waals surface area (Å²) in [6.45, 7) is 2.31. The van der Waals surface area contributed by atoms with Gasteiger partial charge in [0.05, 0.1) is 28.0 Å². The Balaban J connectivity index is 1.60. The lowest BCUT2D eigenvalue weighted by atomic mass is 9.64. The minimum Gasteiger partial charge on any atom is -0.449 e. The van der Waals surface area contributed by atoms with E-state index in [9.17, 15) is 10.1 Å². The van der Waals surface area contributed by atoms with E-state index in [1.165, 1.54) is 25.7 Å². The van der Waals surface area contributed by atoms with Crippen molar-refractivity contribution >= 4 is 29.2 Å². The second kappa shape index (κ2) is 7.83. The van der Waals surface area contributed by atoms with Crippen molar-refractivity contribution in [3.05, 3.63) is 58.1 Å². The Morgan fingerprint density at radius 3 is 2.75 bits per heavy atom. The predicted molar refractivity (Wildman–Crippen MR) is 122 cm³/mol. The van der Waals surface area contributed by atoms with Gasteiger partial charge in [-0.25, -0.2) is 4.79 Å². The van der Waals surface area contributed by atoms with E-state index >= 15 is 0 Å². The number of anilines is 1. The van der Waals surface area contributed by atoms with Crippen LogP contribution in [0.4, 0.5) is 10.5 Å². The molecule has 2 atom stereocenters. The molecule has 7 heteroatoms. The van der Waals surface area contributed by atoms with E-state index < -0.39 is 6.16 Å². The summed E-state index contributed by atoms with van der Waals surface area (Å²) < 4.78 is 4.87. The summed E-state index contributed by atoms with van der Waals surface area (Å²) in [5.41, 5.74) is 4.39. The van der Waals surface area contributed by atoms with Gasteiger partial charge in [0.2, 0.25) is 0 Å². The Labute approximate surface area is 192 Å². The van der Waals surface area contributed by atoms with Crippen LogP contribution in [-0.2, 0) is 6.42 Å². The van der Waals surface area contributed by atoms with Crippen LogP contribution in [0.25, 0.3) is 0 Å². The molecule has 3 aliphatic rings. The molecule has 1 N–H and O–H groups in total. The third-order valence-electron chi connectivity index (χ3n) is 7.30. The smallest absolute Gasteiger partial charge is 0.449 e. The molecule has 2 aliphatic carbocycles. The van der Waals surface area contributed by atoms with E-state index in [0.29, 0.717) is 22.3 Å². The molecule has 32 heavy (non-hydrogen) atoms. The van der Waals surface area contributed by atoms with Crippen LogP contribution in [0.15, 0.2) is 41.5 Å². The molecule has 1 heterocycles. The second-order valence-electron chi connectivity index (χ2n) is 9.16. The van der Waals surface area contributed by atoms with Crippen molar-refractivity contribution in [1.29, 1.82) is 5.26 Å². The zero-order valence-electron chi connectivity index (χ0n) is 17.8. The van der Waals surface area contributed by atoms with Crippen LogP contribution < -0.4 is 9.75 Å². The molecule has 0 radical (unpaired) electrons. The molecule has 5 rings (SSSR count). The van der Waals surface area contributed by atoms with Crippen LogP contribution in [0.3, 0.4) is 0 Å². The molecule has 6 nitrogen and oxygen atoms in total. The predicted octanol–water partition coefficient (Wildman–Crippen LogP) is 6.00. The van der Waals surface area contributed by atoms with Gasteiger partial charge in [-0.1, -0.05) is 31.4 Å². The fourth-order valence-electron chi connectivity index (χ4n) is 5.84. The molecule has 0 spiro atoms. The highest BCUT2D eigenvalue weighted by Gasteiger charge is 2.53. The van der Waals surface area contributed by atoms with Crippen molar-refractivity contribution in [2.45, 2.75) is 51.5 Å². The van der Waals surface area contributed by atoms with Crippen molar-refractivity contribution in [1.82, 2.24) is 0 Å². The molecule has 2 aromatic rings. The van der Waals surface area contributed by atoms with Crippen molar-refractivity contribution in [2.24, 2.45) is 16.4 Å². The minimum absolute atomic E-state index is 0.127. The summed E-state index contributed by atoms with van der Waals surface area (Å²) in [5.74, 6) is 0.869. The first-order chi connectivity index (χ1) is 15.4. The Morgan fingerprint density at radius 1 is 1.28 bits per heavy atom. The number of rotatable bonds is 3. The van der Waals surface area contributed by atoms with Gasteiger partial charge in [-0.3, -0.25) is 5.01 Å². The third kappa shape index (κ3) is 3.32. The van der Waals surface area contributed by atoms with Gasteiger partial charge in [0.1, 0.15) is 11.8 Å². The van der Waals surface area contributed by atoms with Gasteiger partial charge in [-0.15, -0.1) is 0 Å². The highest BCUT2D eigenvalue weighted by Crippen LogP contribution is 2.52. The molecule has 0 saturated heterocycles. The zero-order chi connectivity index (χ0) is 22.5. The quantitative estimate of drug-likeness (QED) is 0.458. The fraction of sp³-hybridized carbons (Fsp3) is 0.400. The number of hydrogen-bond acceptors (Lipinski definition) is 5. The van der Waals surface area contributed by atoms with Crippen LogP contribution in [0.1, 0.15) is 55.7 Å². The van der Waals surface area contributed by atoms with E-state index in [1.807, 2.05) is 24.3 Å². The largest absolute Gasteiger partial charge is 0.511 e. The molecule has 2 unspecified atom stereocenters. The van der Waals surface area contributed by atoms with E-state index in [-0.39, 0.29) is 11.5 Å². The van der Waals surface area contributed by atoms with Gasteiger partial charge < -0.3 is 9.84 Å². The molecular formula is C25H24ClN3O3. The van der Waals surface area contributed by atoms with Crippen LogP contribution in [0.5, 0.6) is 5.75 Å². The van der Waals surface area contributed by atoms with E-state index in [0.717, 1.165) is 35.4 Å². The Morgan fingerprint density at radius 2 is 2.06 bits per heavy atom. The van der Waals surface area contributed by atoms with Crippen molar-refractivity contribution in [2.75, 3.05) is 5.01 Å². The number of nitriles is 1. The first-order valence-electron chi connectivity index (χ1n) is 11.0. The van der Waals surface area contributed by atoms with Gasteiger partial charge >= 0.3 is 6.16 Å². The SMILES string of the molecule is CC12CCc3cc(OC(=O)O)ccc3C1=NN(c1ccc(C#N)c(Cl)c1)C2C1CCCC1. The van der Waals surface area contributed by atoms with Gasteiger partial charge in [0, 0.05) is 11.0 Å². The number of hydrazone groups is 1. The lowest BCUT2D eigenvalue weighted by Crippen LogP contribution is -2.48. The van der Waals surface area contributed by atoms with E-state index in [4.69, 9.17) is 26.5 Å². The maximum absolute atomic E-state index is 10.9. The molecule has 1 fully saturated rings. The Hall–Kier alpha value is -3.04. The topological polar surface area (TPSA) is 85.9 Å². The standard InChI is InChI=1S/C25H24ClN3O3/c1-25-11-10-16-12-19(32-24(30)31)8-9-20(16)22(25)28-29(23(25)15-4-2-3-5-15)18-7-6-17(14-27)21(26)13-18/h6-9,12-13,15,23H,2-5,10-11H2,1H3,(H,30,31). The summed E-state index contributed by atoms with van der Waals surface area (Å²) >= 11 is 6.38. The third-order valence-corrected chi connectivity index (χ3v) is 7.61. The van der Waals surface area contributed by atoms with Gasteiger partial charge in [-0.2, -0.15) is 10.4 Å². The first-order valence-corrected chi connectivity index (χ1v) is 11.4. The molecule has 2 aromatic carbocycles. The van der Waals surface area contributed by atoms with Crippen LogP contribution in [-0.4, -0.2) is 23.0 Å². The summed E-state index contributed by atoms with van der Waals surface area (Å²) in [4.78, 5) is 10.9. The number of ether oxygens (including phenoxy) is 1. The highest BCUT2D eigenvalue weighted by molar-refractivity contribution is 6.32. The van der Waals surface area contributed by atoms with Gasteiger partial charge in [-0.05, 0) is 73.6 Å². The summed E-state index contributed by atoms with van der Waals surface area (Å²) in [6, 6.07) is 13.3. The lowest BCUT2D eigenvalue weighted by molar-refractivity contribution is 0.144. The number of nitrogens with zero attached hydrogens (tertiary/aromatic N) is 3. The normalized spacial score (nSPS) is 24.5. The number of aryl methyl sites for hydroxylation is 1. The molecule has 164 valence electrons. The first kappa shape index (κ1) is 20.8. The average molecular weight is 450 g/mol. The second-order valence-corrected chi connectivity index (χ2v) is 9.57. The number of fused-ring (bicyclic) bond motifs is 3. The van der Waals surface area contributed by atoms with Crippen LogP contribution in [0, 0.1) is 22.7 Å². The molecule has 0 aromatic heterocycles. The Bertz CT molecular complexity index is 1170. The van der Waals surface area contributed by atoms with E-state index in [1.54, 1.807) is 12.1 Å². The molecule has 0 amide bonds. The summed E-state index contributed by atoms with van der Waals surface area (Å²) in [5, 5.41) is 26.0. The number of halogens is 1. The minimum atomic E-state index is -1.31. The molecular weight excluding hydrogens is 426 g/mol.